The van der Waals surface area contributed by atoms with Gasteiger partial charge in [-0.15, -0.1) is 0 Å². The quantitative estimate of drug-likeness (QED) is 0.0261. The maximum atomic E-state index is 12.8. The maximum Gasteiger partial charge on any atom is 0.306 e. The summed E-state index contributed by atoms with van der Waals surface area (Å²) in [6.07, 6.45) is 82.3. The molecule has 0 heterocycles. The Balaban J connectivity index is 4.16. The van der Waals surface area contributed by atoms with Crippen LogP contribution in [0.4, 0.5) is 0 Å². The van der Waals surface area contributed by atoms with Gasteiger partial charge in [0.05, 0.1) is 0 Å². The van der Waals surface area contributed by atoms with Crippen LogP contribution in [-0.4, -0.2) is 37.2 Å². The highest BCUT2D eigenvalue weighted by Crippen LogP contribution is 2.18. The first-order chi connectivity index (χ1) is 37.0. The summed E-state index contributed by atoms with van der Waals surface area (Å²) in [5.41, 5.74) is 0. The Bertz CT molecular complexity index is 1390. The average molecular weight is 1050 g/mol. The van der Waals surface area contributed by atoms with Crippen LogP contribution in [0, 0.1) is 0 Å². The highest BCUT2D eigenvalue weighted by atomic mass is 16.6. The Morgan fingerprint density at radius 3 is 0.813 bits per heavy atom. The standard InChI is InChI=1S/C69H122O6/c1-4-7-10-13-16-19-21-23-25-27-29-31-32-33-34-35-36-37-39-40-42-44-46-48-50-53-56-59-62-68(71)74-65-66(64-73-67(70)61-58-55-52-18-15-12-9-6-3)75-69(72)63-60-57-54-51-49-47-45-43-41-38-30-28-26-24-22-20-17-14-11-8-5-2/h8,11,17,20,24,26,30,38,43,45,49,51,66H,4-7,9-10,12-16,18-19,21-23,25,27-29,31-37,39-42,44,46-48,50,52-65H2,1-3H3/b11-8-,20-17-,26-24-,38-30-,45-43-,51-49-. The Kier molecular flexibility index (Phi) is 60.7. The molecule has 0 aliphatic rings. The number of unbranched alkanes of at least 4 members (excludes halogenated alkanes) is 36. The average Bonchev–Trinajstić information content (AvgIpc) is 3.41. The number of carbonyl (C=O) groups is 3. The van der Waals surface area contributed by atoms with Crippen LogP contribution in [0.15, 0.2) is 72.9 Å². The van der Waals surface area contributed by atoms with Gasteiger partial charge in [-0.25, -0.2) is 0 Å². The lowest BCUT2D eigenvalue weighted by Gasteiger charge is -2.18. The van der Waals surface area contributed by atoms with Crippen molar-refractivity contribution in [1.29, 1.82) is 0 Å². The van der Waals surface area contributed by atoms with E-state index in [1.807, 2.05) is 0 Å². The summed E-state index contributed by atoms with van der Waals surface area (Å²) in [5.74, 6) is -0.924. The number of carbonyl (C=O) groups excluding carboxylic acids is 3. The van der Waals surface area contributed by atoms with Gasteiger partial charge in [0.15, 0.2) is 6.10 Å². The van der Waals surface area contributed by atoms with Gasteiger partial charge in [0, 0.05) is 19.3 Å². The van der Waals surface area contributed by atoms with Gasteiger partial charge in [0.1, 0.15) is 13.2 Å². The molecule has 0 saturated heterocycles. The van der Waals surface area contributed by atoms with E-state index in [4.69, 9.17) is 14.2 Å². The van der Waals surface area contributed by atoms with Gasteiger partial charge >= 0.3 is 17.9 Å². The minimum Gasteiger partial charge on any atom is -0.462 e. The van der Waals surface area contributed by atoms with Crippen molar-refractivity contribution in [2.45, 2.75) is 335 Å². The number of esters is 3. The molecule has 0 aromatic carbocycles. The van der Waals surface area contributed by atoms with E-state index in [0.717, 1.165) is 89.9 Å². The highest BCUT2D eigenvalue weighted by molar-refractivity contribution is 5.71. The summed E-state index contributed by atoms with van der Waals surface area (Å²) in [7, 11) is 0. The summed E-state index contributed by atoms with van der Waals surface area (Å²) in [4.78, 5) is 38.1. The molecule has 434 valence electrons. The van der Waals surface area contributed by atoms with Crippen molar-refractivity contribution in [3.8, 4) is 0 Å². The van der Waals surface area contributed by atoms with Gasteiger partial charge < -0.3 is 14.2 Å². The fraction of sp³-hybridized carbons (Fsp3) is 0.783. The number of rotatable bonds is 59. The van der Waals surface area contributed by atoms with Crippen LogP contribution < -0.4 is 0 Å². The van der Waals surface area contributed by atoms with Gasteiger partial charge in [-0.1, -0.05) is 312 Å². The third kappa shape index (κ3) is 61.6. The topological polar surface area (TPSA) is 78.9 Å². The fourth-order valence-corrected chi connectivity index (χ4v) is 9.39. The summed E-state index contributed by atoms with van der Waals surface area (Å²) in [6, 6.07) is 0. The molecular weight excluding hydrogens is 925 g/mol. The molecule has 0 saturated carbocycles. The van der Waals surface area contributed by atoms with Crippen molar-refractivity contribution in [1.82, 2.24) is 0 Å². The molecular formula is C69H122O6. The highest BCUT2D eigenvalue weighted by Gasteiger charge is 2.19. The Hall–Kier alpha value is -3.15. The van der Waals surface area contributed by atoms with Crippen LogP contribution in [0.1, 0.15) is 329 Å². The van der Waals surface area contributed by atoms with Crippen molar-refractivity contribution < 1.29 is 28.6 Å². The smallest absolute Gasteiger partial charge is 0.306 e. The number of ether oxygens (including phenoxy) is 3. The number of allylic oxidation sites excluding steroid dienone is 12. The summed E-state index contributed by atoms with van der Waals surface area (Å²) in [6.45, 7) is 6.50. The molecule has 0 bridgehead atoms. The van der Waals surface area contributed by atoms with Crippen molar-refractivity contribution in [3.05, 3.63) is 72.9 Å². The second-order valence-electron chi connectivity index (χ2n) is 21.7. The van der Waals surface area contributed by atoms with E-state index in [0.29, 0.717) is 19.3 Å². The third-order valence-electron chi connectivity index (χ3n) is 14.2. The predicted molar refractivity (Wildman–Crippen MR) is 325 cm³/mol. The van der Waals surface area contributed by atoms with Crippen LogP contribution in [-0.2, 0) is 28.6 Å². The van der Waals surface area contributed by atoms with Gasteiger partial charge in [0.25, 0.3) is 0 Å². The third-order valence-corrected chi connectivity index (χ3v) is 14.2. The van der Waals surface area contributed by atoms with Crippen molar-refractivity contribution in [2.24, 2.45) is 0 Å². The fourth-order valence-electron chi connectivity index (χ4n) is 9.39. The Labute approximate surface area is 465 Å². The van der Waals surface area contributed by atoms with Gasteiger partial charge in [0.2, 0.25) is 0 Å². The molecule has 0 N–H and O–H groups in total. The van der Waals surface area contributed by atoms with E-state index in [9.17, 15) is 14.4 Å². The van der Waals surface area contributed by atoms with E-state index < -0.39 is 6.10 Å². The van der Waals surface area contributed by atoms with Crippen LogP contribution in [0.5, 0.6) is 0 Å². The normalized spacial score (nSPS) is 12.5. The minimum atomic E-state index is -0.795. The number of hydrogen-bond donors (Lipinski definition) is 0. The summed E-state index contributed by atoms with van der Waals surface area (Å²) in [5, 5.41) is 0. The van der Waals surface area contributed by atoms with Crippen molar-refractivity contribution in [2.75, 3.05) is 13.2 Å². The maximum absolute atomic E-state index is 12.8. The first-order valence-corrected chi connectivity index (χ1v) is 32.4. The summed E-state index contributed by atoms with van der Waals surface area (Å²) < 4.78 is 16.8. The molecule has 1 atom stereocenters. The molecule has 0 fully saturated rings. The van der Waals surface area contributed by atoms with E-state index in [1.165, 1.54) is 193 Å². The molecule has 75 heavy (non-hydrogen) atoms. The molecule has 0 radical (unpaired) electrons. The second kappa shape index (κ2) is 63.4. The van der Waals surface area contributed by atoms with Crippen LogP contribution >= 0.6 is 0 Å². The molecule has 0 spiro atoms. The first-order valence-electron chi connectivity index (χ1n) is 32.4. The molecule has 0 aliphatic heterocycles. The predicted octanol–water partition coefficient (Wildman–Crippen LogP) is 22.1. The molecule has 0 aromatic rings. The molecule has 6 nitrogen and oxygen atoms in total. The van der Waals surface area contributed by atoms with Crippen molar-refractivity contribution >= 4 is 17.9 Å². The lowest BCUT2D eigenvalue weighted by molar-refractivity contribution is -0.167. The zero-order valence-electron chi connectivity index (χ0n) is 49.8. The van der Waals surface area contributed by atoms with Gasteiger partial charge in [-0.3, -0.25) is 14.4 Å². The van der Waals surface area contributed by atoms with Crippen LogP contribution in [0.2, 0.25) is 0 Å². The molecule has 0 aromatic heterocycles. The molecule has 0 amide bonds. The molecule has 0 rings (SSSR count). The minimum absolute atomic E-state index is 0.0896. The Morgan fingerprint density at radius 1 is 0.280 bits per heavy atom. The monoisotopic (exact) mass is 1050 g/mol. The largest absolute Gasteiger partial charge is 0.462 e. The lowest BCUT2D eigenvalue weighted by atomic mass is 10.0. The van der Waals surface area contributed by atoms with Gasteiger partial charge in [-0.05, 0) is 70.6 Å². The van der Waals surface area contributed by atoms with Crippen LogP contribution in [0.25, 0.3) is 0 Å². The van der Waals surface area contributed by atoms with E-state index in [1.54, 1.807) is 0 Å². The molecule has 6 heteroatoms. The zero-order chi connectivity index (χ0) is 54.3. The van der Waals surface area contributed by atoms with Gasteiger partial charge in [-0.2, -0.15) is 0 Å². The van der Waals surface area contributed by atoms with Crippen molar-refractivity contribution in [3.63, 3.8) is 0 Å². The SMILES string of the molecule is CC/C=C\C/C=C\C/C=C\C/C=C\C/C=C\C/C=C\CCCCC(=O)OC(COC(=O)CCCCCCCCCC)COC(=O)CCCCCCCCCCCCCCCCCCCCCCCCCCCCCC. The second-order valence-corrected chi connectivity index (χ2v) is 21.7. The molecule has 1 unspecified atom stereocenters. The summed E-state index contributed by atoms with van der Waals surface area (Å²) >= 11 is 0. The lowest BCUT2D eigenvalue weighted by Crippen LogP contribution is -2.30. The van der Waals surface area contributed by atoms with E-state index in [-0.39, 0.29) is 37.5 Å². The Morgan fingerprint density at radius 2 is 0.520 bits per heavy atom. The molecule has 0 aliphatic carbocycles. The van der Waals surface area contributed by atoms with E-state index >= 15 is 0 Å². The number of hydrogen-bond acceptors (Lipinski definition) is 6. The van der Waals surface area contributed by atoms with Crippen LogP contribution in [0.3, 0.4) is 0 Å². The first kappa shape index (κ1) is 71.8. The van der Waals surface area contributed by atoms with E-state index in [2.05, 4.69) is 93.7 Å². The zero-order valence-corrected chi connectivity index (χ0v) is 49.8.